The van der Waals surface area contributed by atoms with Crippen LogP contribution in [-0.4, -0.2) is 55.8 Å². The van der Waals surface area contributed by atoms with Crippen molar-refractivity contribution in [1.82, 2.24) is 10.2 Å². The molecule has 0 aromatic rings. The lowest BCUT2D eigenvalue weighted by atomic mass is 9.97. The number of guanidine groups is 1. The highest BCUT2D eigenvalue weighted by Crippen LogP contribution is 2.30. The lowest BCUT2D eigenvalue weighted by Gasteiger charge is -2.31. The quantitative estimate of drug-likeness (QED) is 0.581. The molecule has 0 radical (unpaired) electrons. The number of hydrogen-bond donors (Lipinski definition) is 2. The van der Waals surface area contributed by atoms with Crippen LogP contribution in [0.4, 0.5) is 0 Å². The van der Waals surface area contributed by atoms with E-state index >= 15 is 0 Å². The highest BCUT2D eigenvalue weighted by molar-refractivity contribution is 5.77. The first kappa shape index (κ1) is 14.1. The van der Waals surface area contributed by atoms with Crippen molar-refractivity contribution in [3.05, 3.63) is 0 Å². The molecule has 0 aromatic heterocycles. The van der Waals surface area contributed by atoms with E-state index in [-0.39, 0.29) is 0 Å². The second kappa shape index (κ2) is 6.76. The Morgan fingerprint density at radius 1 is 1.20 bits per heavy atom. The third-order valence-corrected chi connectivity index (χ3v) is 4.77. The van der Waals surface area contributed by atoms with Gasteiger partial charge in [0.15, 0.2) is 5.96 Å². The van der Waals surface area contributed by atoms with Crippen molar-refractivity contribution >= 4 is 5.96 Å². The predicted octanol–water partition coefficient (Wildman–Crippen LogP) is 0.944. The molecule has 3 aliphatic rings. The number of piperidine rings is 1. The monoisotopic (exact) mass is 280 g/mol. The van der Waals surface area contributed by atoms with E-state index in [9.17, 15) is 0 Å². The molecule has 2 aliphatic heterocycles. The number of nitrogens with zero attached hydrogens (tertiary/aromatic N) is 2. The van der Waals surface area contributed by atoms with Crippen LogP contribution in [0, 0.1) is 5.92 Å². The Kier molecular flexibility index (Phi) is 4.78. The van der Waals surface area contributed by atoms with Gasteiger partial charge in [-0.05, 0) is 57.5 Å². The Bertz CT molecular complexity index is 329. The summed E-state index contributed by atoms with van der Waals surface area (Å²) in [5, 5.41) is 3.19. The van der Waals surface area contributed by atoms with Gasteiger partial charge in [-0.15, -0.1) is 0 Å². The molecular weight excluding hydrogens is 252 g/mol. The Labute approximate surface area is 121 Å². The van der Waals surface area contributed by atoms with Crippen molar-refractivity contribution < 1.29 is 4.74 Å². The summed E-state index contributed by atoms with van der Waals surface area (Å²) in [6, 6.07) is 0.914. The van der Waals surface area contributed by atoms with Gasteiger partial charge in [0.05, 0.1) is 6.10 Å². The number of likely N-dealkylation sites (tertiary alicyclic amines) is 1. The van der Waals surface area contributed by atoms with Crippen molar-refractivity contribution in [2.24, 2.45) is 16.6 Å². The number of nitrogens with one attached hydrogen (secondary N) is 1. The van der Waals surface area contributed by atoms with Crippen molar-refractivity contribution in [1.29, 1.82) is 0 Å². The van der Waals surface area contributed by atoms with Crippen LogP contribution in [0.2, 0.25) is 0 Å². The van der Waals surface area contributed by atoms with E-state index in [0.717, 1.165) is 32.2 Å². The second-order valence-electron chi connectivity index (χ2n) is 6.45. The largest absolute Gasteiger partial charge is 0.376 e. The summed E-state index contributed by atoms with van der Waals surface area (Å²) in [6.45, 7) is 5.09. The van der Waals surface area contributed by atoms with Gasteiger partial charge in [0.2, 0.25) is 0 Å². The van der Waals surface area contributed by atoms with Gasteiger partial charge in [-0.25, -0.2) is 0 Å². The summed E-state index contributed by atoms with van der Waals surface area (Å²) in [5.41, 5.74) is 5.93. The fourth-order valence-corrected chi connectivity index (χ4v) is 3.25. The summed E-state index contributed by atoms with van der Waals surface area (Å²) in [6.07, 6.45) is 8.03. The smallest absolute Gasteiger partial charge is 0.188 e. The van der Waals surface area contributed by atoms with Crippen LogP contribution in [0.25, 0.3) is 0 Å². The second-order valence-corrected chi connectivity index (χ2v) is 6.45. The zero-order valence-electron chi connectivity index (χ0n) is 12.4. The van der Waals surface area contributed by atoms with Crippen molar-refractivity contribution in [2.75, 3.05) is 32.8 Å². The van der Waals surface area contributed by atoms with Gasteiger partial charge in [-0.2, -0.15) is 0 Å². The molecule has 3 N–H and O–H groups in total. The SMILES string of the molecule is NC(=NCC1CCN(C2CC2)CC1)NCC1CCCO1. The zero-order valence-corrected chi connectivity index (χ0v) is 12.4. The molecule has 5 heteroatoms. The van der Waals surface area contributed by atoms with Crippen LogP contribution in [0.15, 0.2) is 4.99 Å². The zero-order chi connectivity index (χ0) is 13.8. The minimum absolute atomic E-state index is 0.325. The predicted molar refractivity (Wildman–Crippen MR) is 80.8 cm³/mol. The van der Waals surface area contributed by atoms with E-state index < -0.39 is 0 Å². The molecule has 1 unspecified atom stereocenters. The normalized spacial score (nSPS) is 29.8. The van der Waals surface area contributed by atoms with Gasteiger partial charge in [0.25, 0.3) is 0 Å². The average molecular weight is 280 g/mol. The van der Waals surface area contributed by atoms with Gasteiger partial charge in [0, 0.05) is 25.7 Å². The molecule has 1 saturated carbocycles. The summed E-state index contributed by atoms with van der Waals surface area (Å²) in [7, 11) is 0. The van der Waals surface area contributed by atoms with Crippen LogP contribution < -0.4 is 11.1 Å². The minimum atomic E-state index is 0.325. The molecule has 1 aliphatic carbocycles. The van der Waals surface area contributed by atoms with Crippen LogP contribution in [-0.2, 0) is 4.74 Å². The molecule has 0 amide bonds. The fraction of sp³-hybridized carbons (Fsp3) is 0.933. The summed E-state index contributed by atoms with van der Waals surface area (Å²) >= 11 is 0. The lowest BCUT2D eigenvalue weighted by Crippen LogP contribution is -2.39. The topological polar surface area (TPSA) is 62.9 Å². The van der Waals surface area contributed by atoms with Crippen molar-refractivity contribution in [3.63, 3.8) is 0 Å². The summed E-state index contributed by atoms with van der Waals surface area (Å²) in [5.74, 6) is 1.30. The highest BCUT2D eigenvalue weighted by Gasteiger charge is 2.31. The van der Waals surface area contributed by atoms with Gasteiger partial charge in [-0.1, -0.05) is 0 Å². The minimum Gasteiger partial charge on any atom is -0.376 e. The fourth-order valence-electron chi connectivity index (χ4n) is 3.25. The van der Waals surface area contributed by atoms with Crippen molar-refractivity contribution in [2.45, 2.75) is 50.7 Å². The average Bonchev–Trinajstić information content (AvgIpc) is 3.20. The molecule has 3 fully saturated rings. The Morgan fingerprint density at radius 2 is 2.00 bits per heavy atom. The third kappa shape index (κ3) is 4.09. The molecule has 2 heterocycles. The van der Waals surface area contributed by atoms with Gasteiger partial charge >= 0.3 is 0 Å². The van der Waals surface area contributed by atoms with Crippen LogP contribution >= 0.6 is 0 Å². The van der Waals surface area contributed by atoms with Gasteiger partial charge < -0.3 is 20.7 Å². The first-order chi connectivity index (χ1) is 9.81. The van der Waals surface area contributed by atoms with E-state index in [2.05, 4.69) is 15.2 Å². The Hall–Kier alpha value is -0.810. The summed E-state index contributed by atoms with van der Waals surface area (Å²) in [4.78, 5) is 7.16. The molecule has 20 heavy (non-hydrogen) atoms. The number of ether oxygens (including phenoxy) is 1. The maximum atomic E-state index is 5.93. The Balaban J connectivity index is 1.32. The Morgan fingerprint density at radius 3 is 2.65 bits per heavy atom. The number of rotatable bonds is 5. The van der Waals surface area contributed by atoms with Crippen LogP contribution in [0.3, 0.4) is 0 Å². The molecule has 2 saturated heterocycles. The van der Waals surface area contributed by atoms with E-state index in [1.807, 2.05) is 0 Å². The van der Waals surface area contributed by atoms with E-state index in [1.54, 1.807) is 0 Å². The maximum Gasteiger partial charge on any atom is 0.188 e. The number of nitrogens with two attached hydrogens (primary N) is 1. The van der Waals surface area contributed by atoms with Gasteiger partial charge in [-0.3, -0.25) is 4.99 Å². The third-order valence-electron chi connectivity index (χ3n) is 4.77. The van der Waals surface area contributed by atoms with E-state index in [1.165, 1.54) is 45.2 Å². The number of aliphatic imine (C=N–C) groups is 1. The van der Waals surface area contributed by atoms with Crippen LogP contribution in [0.5, 0.6) is 0 Å². The maximum absolute atomic E-state index is 5.93. The van der Waals surface area contributed by atoms with E-state index in [0.29, 0.717) is 18.0 Å². The summed E-state index contributed by atoms with van der Waals surface area (Å²) < 4.78 is 5.56. The molecule has 0 bridgehead atoms. The lowest BCUT2D eigenvalue weighted by molar-refractivity contribution is 0.114. The van der Waals surface area contributed by atoms with E-state index in [4.69, 9.17) is 10.5 Å². The molecule has 1 atom stereocenters. The first-order valence-electron chi connectivity index (χ1n) is 8.20. The number of hydrogen-bond acceptors (Lipinski definition) is 3. The standard InChI is InChI=1S/C15H28N4O/c16-15(18-11-14-2-1-9-20-14)17-10-12-5-7-19(8-6-12)13-3-4-13/h12-14H,1-11H2,(H3,16,17,18). The van der Waals surface area contributed by atoms with Crippen molar-refractivity contribution in [3.8, 4) is 0 Å². The molecule has 3 rings (SSSR count). The molecule has 0 aromatic carbocycles. The first-order valence-corrected chi connectivity index (χ1v) is 8.20. The van der Waals surface area contributed by atoms with Crippen LogP contribution in [0.1, 0.15) is 38.5 Å². The highest BCUT2D eigenvalue weighted by atomic mass is 16.5. The molecule has 0 spiro atoms. The molecule has 114 valence electrons. The molecule has 5 nitrogen and oxygen atoms in total. The molecular formula is C15H28N4O. The van der Waals surface area contributed by atoms with Gasteiger partial charge in [0.1, 0.15) is 0 Å².